The van der Waals surface area contributed by atoms with E-state index >= 15 is 0 Å². The van der Waals surface area contributed by atoms with Crippen LogP contribution in [0.3, 0.4) is 0 Å². The molecule has 1 aliphatic rings. The Morgan fingerprint density at radius 3 is 2.84 bits per heavy atom. The molecule has 3 atom stereocenters. The molecule has 0 aromatic heterocycles. The van der Waals surface area contributed by atoms with E-state index in [0.717, 1.165) is 31.7 Å². The molecule has 2 nitrogen and oxygen atoms in total. The standard InChI is InChI=1S/C15H21F2NO/c1-10(14-8-11(16)6-7-15(14)17)18-12-4-3-5-13(9-12)19-2/h6-8,10,12-13,18H,3-5,9H2,1-2H3. The highest BCUT2D eigenvalue weighted by Crippen LogP contribution is 2.24. The molecule has 1 aromatic carbocycles. The quantitative estimate of drug-likeness (QED) is 0.902. The van der Waals surface area contributed by atoms with Crippen molar-refractivity contribution >= 4 is 0 Å². The zero-order chi connectivity index (χ0) is 13.8. The van der Waals surface area contributed by atoms with Crippen LogP contribution >= 0.6 is 0 Å². The molecule has 0 bridgehead atoms. The summed E-state index contributed by atoms with van der Waals surface area (Å²) >= 11 is 0. The van der Waals surface area contributed by atoms with Gasteiger partial charge in [0.1, 0.15) is 11.6 Å². The van der Waals surface area contributed by atoms with Crippen LogP contribution in [0.15, 0.2) is 18.2 Å². The van der Waals surface area contributed by atoms with Crippen LogP contribution in [0.5, 0.6) is 0 Å². The van der Waals surface area contributed by atoms with Crippen molar-refractivity contribution in [3.63, 3.8) is 0 Å². The fourth-order valence-corrected chi connectivity index (χ4v) is 2.80. The lowest BCUT2D eigenvalue weighted by Crippen LogP contribution is -2.38. The smallest absolute Gasteiger partial charge is 0.128 e. The van der Waals surface area contributed by atoms with Crippen molar-refractivity contribution in [3.05, 3.63) is 35.4 Å². The Morgan fingerprint density at radius 1 is 1.32 bits per heavy atom. The van der Waals surface area contributed by atoms with Crippen LogP contribution < -0.4 is 5.32 Å². The molecule has 1 N–H and O–H groups in total. The number of hydrogen-bond acceptors (Lipinski definition) is 2. The molecule has 2 rings (SSSR count). The second-order valence-electron chi connectivity index (χ2n) is 5.28. The maximum absolute atomic E-state index is 13.7. The van der Waals surface area contributed by atoms with Gasteiger partial charge >= 0.3 is 0 Å². The van der Waals surface area contributed by atoms with Gasteiger partial charge in [-0.15, -0.1) is 0 Å². The van der Waals surface area contributed by atoms with E-state index in [1.165, 1.54) is 12.1 Å². The number of ether oxygens (including phenoxy) is 1. The molecule has 0 aliphatic heterocycles. The first kappa shape index (κ1) is 14.4. The van der Waals surface area contributed by atoms with Crippen LogP contribution in [0.1, 0.15) is 44.2 Å². The van der Waals surface area contributed by atoms with Crippen LogP contribution in [0.25, 0.3) is 0 Å². The average Bonchev–Trinajstić information content (AvgIpc) is 2.41. The van der Waals surface area contributed by atoms with Crippen molar-refractivity contribution in [1.29, 1.82) is 0 Å². The Hall–Kier alpha value is -1.00. The summed E-state index contributed by atoms with van der Waals surface area (Å²) < 4.78 is 32.3. The molecule has 0 heterocycles. The third-order valence-electron chi connectivity index (χ3n) is 3.87. The van der Waals surface area contributed by atoms with Crippen molar-refractivity contribution < 1.29 is 13.5 Å². The number of benzene rings is 1. The molecular formula is C15H21F2NO. The zero-order valence-electron chi connectivity index (χ0n) is 11.5. The molecule has 0 amide bonds. The van der Waals surface area contributed by atoms with Gasteiger partial charge in [0.15, 0.2) is 0 Å². The van der Waals surface area contributed by atoms with Gasteiger partial charge in [0.2, 0.25) is 0 Å². The number of nitrogens with one attached hydrogen (secondary N) is 1. The minimum Gasteiger partial charge on any atom is -0.381 e. The van der Waals surface area contributed by atoms with Crippen molar-refractivity contribution in [2.24, 2.45) is 0 Å². The number of hydrogen-bond donors (Lipinski definition) is 1. The van der Waals surface area contributed by atoms with Gasteiger partial charge in [0.25, 0.3) is 0 Å². The van der Waals surface area contributed by atoms with E-state index < -0.39 is 5.82 Å². The Bertz CT molecular complexity index is 425. The van der Waals surface area contributed by atoms with Crippen LogP contribution in [-0.4, -0.2) is 19.3 Å². The normalized spacial score (nSPS) is 25.3. The highest BCUT2D eigenvalue weighted by atomic mass is 19.1. The first-order valence-electron chi connectivity index (χ1n) is 6.84. The van der Waals surface area contributed by atoms with Crippen molar-refractivity contribution in [3.8, 4) is 0 Å². The Kier molecular flexibility index (Phi) is 4.88. The van der Waals surface area contributed by atoms with E-state index in [0.29, 0.717) is 11.6 Å². The highest BCUT2D eigenvalue weighted by Gasteiger charge is 2.23. The maximum Gasteiger partial charge on any atom is 0.128 e. The van der Waals surface area contributed by atoms with Crippen LogP contribution in [0.2, 0.25) is 0 Å². The summed E-state index contributed by atoms with van der Waals surface area (Å²) in [5, 5.41) is 3.38. The lowest BCUT2D eigenvalue weighted by molar-refractivity contribution is 0.0572. The Balaban J connectivity index is 2.00. The van der Waals surface area contributed by atoms with Crippen LogP contribution in [-0.2, 0) is 4.74 Å². The first-order valence-corrected chi connectivity index (χ1v) is 6.84. The zero-order valence-corrected chi connectivity index (χ0v) is 11.5. The average molecular weight is 269 g/mol. The van der Waals surface area contributed by atoms with Crippen molar-refractivity contribution in [1.82, 2.24) is 5.32 Å². The predicted octanol–water partition coefficient (Wildman–Crippen LogP) is 3.57. The van der Waals surface area contributed by atoms with Gasteiger partial charge in [-0.1, -0.05) is 0 Å². The number of halogens is 2. The molecule has 0 spiro atoms. The molecule has 1 fully saturated rings. The molecule has 0 saturated heterocycles. The summed E-state index contributed by atoms with van der Waals surface area (Å²) in [5.41, 5.74) is 0.388. The fourth-order valence-electron chi connectivity index (χ4n) is 2.80. The van der Waals surface area contributed by atoms with Crippen LogP contribution in [0, 0.1) is 11.6 Å². The van der Waals surface area contributed by atoms with Crippen molar-refractivity contribution in [2.45, 2.75) is 50.8 Å². The largest absolute Gasteiger partial charge is 0.381 e. The van der Waals surface area contributed by atoms with Crippen LogP contribution in [0.4, 0.5) is 8.78 Å². The lowest BCUT2D eigenvalue weighted by Gasteiger charge is -2.31. The van der Waals surface area contributed by atoms with Gasteiger partial charge in [-0.05, 0) is 50.8 Å². The molecular weight excluding hydrogens is 248 g/mol. The fraction of sp³-hybridized carbons (Fsp3) is 0.600. The maximum atomic E-state index is 13.7. The predicted molar refractivity (Wildman–Crippen MR) is 71.0 cm³/mol. The first-order chi connectivity index (χ1) is 9.10. The third-order valence-corrected chi connectivity index (χ3v) is 3.87. The molecule has 106 valence electrons. The number of rotatable bonds is 4. The second kappa shape index (κ2) is 6.44. The van der Waals surface area contributed by atoms with E-state index in [1.807, 2.05) is 6.92 Å². The van der Waals surface area contributed by atoms with E-state index in [4.69, 9.17) is 4.74 Å². The van der Waals surface area contributed by atoms with E-state index in [2.05, 4.69) is 5.32 Å². The molecule has 1 aromatic rings. The second-order valence-corrected chi connectivity index (χ2v) is 5.28. The Morgan fingerprint density at radius 2 is 2.11 bits per heavy atom. The van der Waals surface area contributed by atoms with Gasteiger partial charge in [0.05, 0.1) is 6.10 Å². The Labute approximate surface area is 113 Å². The molecule has 1 aliphatic carbocycles. The van der Waals surface area contributed by atoms with E-state index in [1.54, 1.807) is 7.11 Å². The molecule has 19 heavy (non-hydrogen) atoms. The number of methoxy groups -OCH3 is 1. The van der Waals surface area contributed by atoms with Gasteiger partial charge in [0, 0.05) is 24.8 Å². The molecule has 3 unspecified atom stereocenters. The molecule has 1 saturated carbocycles. The molecule has 4 heteroatoms. The monoisotopic (exact) mass is 269 g/mol. The topological polar surface area (TPSA) is 21.3 Å². The minimum absolute atomic E-state index is 0.198. The van der Waals surface area contributed by atoms with Gasteiger partial charge in [-0.2, -0.15) is 0 Å². The lowest BCUT2D eigenvalue weighted by atomic mass is 9.92. The summed E-state index contributed by atoms with van der Waals surface area (Å²) in [4.78, 5) is 0. The SMILES string of the molecule is COC1CCCC(NC(C)c2cc(F)ccc2F)C1. The third kappa shape index (κ3) is 3.74. The molecule has 0 radical (unpaired) electrons. The van der Waals surface area contributed by atoms with Gasteiger partial charge in [-0.3, -0.25) is 0 Å². The highest BCUT2D eigenvalue weighted by molar-refractivity contribution is 5.22. The summed E-state index contributed by atoms with van der Waals surface area (Å²) in [6, 6.07) is 3.70. The summed E-state index contributed by atoms with van der Waals surface area (Å²) in [6.45, 7) is 1.87. The summed E-state index contributed by atoms with van der Waals surface area (Å²) in [6.07, 6.45) is 4.45. The van der Waals surface area contributed by atoms with Gasteiger partial charge in [-0.25, -0.2) is 8.78 Å². The summed E-state index contributed by atoms with van der Waals surface area (Å²) in [5.74, 6) is -0.760. The van der Waals surface area contributed by atoms with Crippen molar-refractivity contribution in [2.75, 3.05) is 7.11 Å². The van der Waals surface area contributed by atoms with Gasteiger partial charge < -0.3 is 10.1 Å². The van der Waals surface area contributed by atoms with E-state index in [9.17, 15) is 8.78 Å². The summed E-state index contributed by atoms with van der Waals surface area (Å²) in [7, 11) is 1.72. The van der Waals surface area contributed by atoms with E-state index in [-0.39, 0.29) is 18.0 Å². The minimum atomic E-state index is -0.400.